The number of aromatic nitrogens is 3. The SMILES string of the molecule is C=CC(=O)N1[C@H](C)Cn2nc(-c3nc(-c4ccc5c(c4)CN(C)[C@@H](C(=O)NC)C5)c4scc(F)c4c3C=C(F)/C=C/F)cc2[C@@H]1C. The van der Waals surface area contributed by atoms with Crippen molar-refractivity contribution in [3.8, 4) is 22.6 Å². The second kappa shape index (κ2) is 12.3. The molecule has 12 heteroatoms. The van der Waals surface area contributed by atoms with E-state index in [4.69, 9.17) is 10.1 Å². The Morgan fingerprint density at radius 2 is 1.96 bits per heavy atom. The molecular weight excluding hydrogens is 613 g/mol. The minimum atomic E-state index is -0.915. The molecule has 0 spiro atoms. The molecule has 0 unspecified atom stereocenters. The number of hydrogen-bond acceptors (Lipinski definition) is 6. The molecule has 238 valence electrons. The number of nitrogens with zero attached hydrogens (tertiary/aromatic N) is 5. The quantitative estimate of drug-likeness (QED) is 0.195. The zero-order valence-electron chi connectivity index (χ0n) is 25.9. The number of amides is 2. The minimum Gasteiger partial charge on any atom is -0.358 e. The van der Waals surface area contributed by atoms with Crippen LogP contribution in [0.25, 0.3) is 38.8 Å². The van der Waals surface area contributed by atoms with E-state index in [2.05, 4.69) is 11.9 Å². The third-order valence-corrected chi connectivity index (χ3v) is 9.81. The van der Waals surface area contributed by atoms with Crippen LogP contribution in [0.15, 0.2) is 60.5 Å². The lowest BCUT2D eigenvalue weighted by Crippen LogP contribution is -2.47. The maximum atomic E-state index is 15.6. The van der Waals surface area contributed by atoms with Gasteiger partial charge in [-0.15, -0.1) is 11.3 Å². The van der Waals surface area contributed by atoms with Gasteiger partial charge in [-0.05, 0) is 62.7 Å². The predicted molar refractivity (Wildman–Crippen MR) is 174 cm³/mol. The van der Waals surface area contributed by atoms with Crippen molar-refractivity contribution in [3.05, 3.63) is 88.7 Å². The topological polar surface area (TPSA) is 83.4 Å². The molecule has 1 N–H and O–H groups in total. The number of likely N-dealkylation sites (N-methyl/N-ethyl adjacent to an activating group) is 2. The van der Waals surface area contributed by atoms with Crippen LogP contribution < -0.4 is 5.32 Å². The number of halogens is 3. The number of thiophene rings is 1. The summed E-state index contributed by atoms with van der Waals surface area (Å²) in [6.45, 7) is 8.37. The molecule has 3 atom stereocenters. The van der Waals surface area contributed by atoms with Crippen LogP contribution in [0.4, 0.5) is 13.2 Å². The second-order valence-corrected chi connectivity index (χ2v) is 12.6. The van der Waals surface area contributed by atoms with Crippen molar-refractivity contribution in [1.82, 2.24) is 29.9 Å². The lowest BCUT2D eigenvalue weighted by atomic mass is 9.91. The van der Waals surface area contributed by atoms with Crippen LogP contribution in [-0.4, -0.2) is 62.6 Å². The zero-order chi connectivity index (χ0) is 32.9. The van der Waals surface area contributed by atoms with Crippen molar-refractivity contribution >= 4 is 39.3 Å². The standard InChI is InChI=1S/C34H33F3N6O2S/c1-6-29(44)43-18(2)15-42-27(19(43)3)14-26(40-42)32-24(13-23(36)9-10-35)30-25(37)17-46-33(30)31(39-32)21-8-7-20-12-28(34(45)38-4)41(5)16-22(20)11-21/h6-11,13-14,17-19,28H,1,12,15-16H2,2-5H3,(H,38,45)/b10-9+,23-13?/t18-,19+,28-/m1/s1. The number of nitrogens with one attached hydrogen (secondary N) is 1. The Labute approximate surface area is 268 Å². The highest BCUT2D eigenvalue weighted by Crippen LogP contribution is 2.42. The van der Waals surface area contributed by atoms with Gasteiger partial charge in [0.25, 0.3) is 0 Å². The molecule has 3 aromatic heterocycles. The second-order valence-electron chi connectivity index (χ2n) is 11.7. The average molecular weight is 647 g/mol. The Hall–Kier alpha value is -4.55. The van der Waals surface area contributed by atoms with Gasteiger partial charge < -0.3 is 10.2 Å². The van der Waals surface area contributed by atoms with Gasteiger partial charge in [-0.3, -0.25) is 19.2 Å². The van der Waals surface area contributed by atoms with Crippen LogP contribution in [0.3, 0.4) is 0 Å². The van der Waals surface area contributed by atoms with Gasteiger partial charge in [-0.1, -0.05) is 18.7 Å². The number of benzene rings is 1. The molecule has 4 aromatic rings. The van der Waals surface area contributed by atoms with Crippen LogP contribution in [0, 0.1) is 5.82 Å². The number of carbonyl (C=O) groups is 2. The van der Waals surface area contributed by atoms with E-state index in [1.54, 1.807) is 22.7 Å². The van der Waals surface area contributed by atoms with Gasteiger partial charge in [-0.2, -0.15) is 5.10 Å². The van der Waals surface area contributed by atoms with Crippen LogP contribution in [-0.2, 0) is 29.1 Å². The summed E-state index contributed by atoms with van der Waals surface area (Å²) in [5.74, 6) is -1.74. The molecule has 0 aliphatic carbocycles. The van der Waals surface area contributed by atoms with Gasteiger partial charge in [0.05, 0.1) is 46.7 Å². The maximum absolute atomic E-state index is 15.6. The molecule has 5 heterocycles. The summed E-state index contributed by atoms with van der Waals surface area (Å²) in [4.78, 5) is 33.8. The summed E-state index contributed by atoms with van der Waals surface area (Å²) in [7, 11) is 3.52. The van der Waals surface area contributed by atoms with Crippen LogP contribution >= 0.6 is 11.3 Å². The molecule has 8 nitrogen and oxygen atoms in total. The minimum absolute atomic E-state index is 0.0544. The average Bonchev–Trinajstić information content (AvgIpc) is 3.64. The number of allylic oxidation sites excluding steroid dienone is 2. The number of pyridine rings is 1. The van der Waals surface area contributed by atoms with Crippen molar-refractivity contribution in [2.24, 2.45) is 0 Å². The molecule has 6 rings (SSSR count). The fourth-order valence-corrected chi connectivity index (χ4v) is 7.55. The fraction of sp³-hybridized carbons (Fsp3) is 0.294. The third-order valence-electron chi connectivity index (χ3n) is 8.85. The Morgan fingerprint density at radius 1 is 1.17 bits per heavy atom. The molecule has 0 saturated carbocycles. The van der Waals surface area contributed by atoms with E-state index in [1.165, 1.54) is 11.5 Å². The van der Waals surface area contributed by atoms with Gasteiger partial charge in [-0.25, -0.2) is 18.2 Å². The molecule has 1 aromatic carbocycles. The van der Waals surface area contributed by atoms with E-state index in [0.717, 1.165) is 39.8 Å². The smallest absolute Gasteiger partial charge is 0.246 e. The maximum Gasteiger partial charge on any atom is 0.246 e. The monoisotopic (exact) mass is 646 g/mol. The van der Waals surface area contributed by atoms with E-state index in [-0.39, 0.29) is 52.9 Å². The summed E-state index contributed by atoms with van der Waals surface area (Å²) >= 11 is 1.15. The van der Waals surface area contributed by atoms with Gasteiger partial charge in [0, 0.05) is 47.6 Å². The summed E-state index contributed by atoms with van der Waals surface area (Å²) in [5, 5.41) is 9.03. The first-order valence-electron chi connectivity index (χ1n) is 14.9. The first-order valence-corrected chi connectivity index (χ1v) is 15.8. The van der Waals surface area contributed by atoms with Crippen molar-refractivity contribution in [3.63, 3.8) is 0 Å². The lowest BCUT2D eigenvalue weighted by Gasteiger charge is -2.38. The number of carbonyl (C=O) groups excluding carboxylic acids is 2. The van der Waals surface area contributed by atoms with Crippen LogP contribution in [0.5, 0.6) is 0 Å². The van der Waals surface area contributed by atoms with Gasteiger partial charge in [0.1, 0.15) is 17.3 Å². The van der Waals surface area contributed by atoms with Crippen molar-refractivity contribution in [2.75, 3.05) is 14.1 Å². The van der Waals surface area contributed by atoms with E-state index >= 15 is 4.39 Å². The zero-order valence-corrected chi connectivity index (χ0v) is 26.7. The molecule has 0 saturated heterocycles. The normalized spacial score (nSPS) is 20.2. The van der Waals surface area contributed by atoms with E-state index in [9.17, 15) is 18.4 Å². The molecule has 0 bridgehead atoms. The summed E-state index contributed by atoms with van der Waals surface area (Å²) in [6.07, 6.45) is 3.62. The fourth-order valence-electron chi connectivity index (χ4n) is 6.61. The molecule has 0 fully saturated rings. The van der Waals surface area contributed by atoms with Crippen LogP contribution in [0.2, 0.25) is 0 Å². The Bertz CT molecular complexity index is 1950. The third kappa shape index (κ3) is 5.35. The van der Waals surface area contributed by atoms with Gasteiger partial charge >= 0.3 is 0 Å². The molecular formula is C34H33F3N6O2S. The Kier molecular flexibility index (Phi) is 8.43. The van der Waals surface area contributed by atoms with Crippen LogP contribution in [0.1, 0.15) is 42.3 Å². The summed E-state index contributed by atoms with van der Waals surface area (Å²) in [6, 6.07) is 6.83. The summed E-state index contributed by atoms with van der Waals surface area (Å²) < 4.78 is 45.8. The highest BCUT2D eigenvalue weighted by molar-refractivity contribution is 7.17. The van der Waals surface area contributed by atoms with E-state index in [1.807, 2.05) is 44.0 Å². The van der Waals surface area contributed by atoms with Crippen molar-refractivity contribution in [1.29, 1.82) is 0 Å². The number of rotatable bonds is 6. The first kappa shape index (κ1) is 31.4. The number of fused-ring (bicyclic) bond motifs is 3. The Morgan fingerprint density at radius 3 is 2.67 bits per heavy atom. The predicted octanol–water partition coefficient (Wildman–Crippen LogP) is 6.34. The molecule has 46 heavy (non-hydrogen) atoms. The lowest BCUT2D eigenvalue weighted by molar-refractivity contribution is -0.132. The molecule has 2 amide bonds. The highest BCUT2D eigenvalue weighted by atomic mass is 32.1. The van der Waals surface area contributed by atoms with E-state index < -0.39 is 11.6 Å². The summed E-state index contributed by atoms with van der Waals surface area (Å²) in [5.41, 5.74) is 4.73. The van der Waals surface area contributed by atoms with Gasteiger partial charge in [0.2, 0.25) is 11.8 Å². The Balaban J connectivity index is 1.55. The van der Waals surface area contributed by atoms with E-state index in [0.29, 0.717) is 41.7 Å². The largest absolute Gasteiger partial charge is 0.358 e. The first-order chi connectivity index (χ1) is 22.1. The molecule has 0 radical (unpaired) electrons. The van der Waals surface area contributed by atoms with Crippen molar-refractivity contribution < 1.29 is 22.8 Å². The van der Waals surface area contributed by atoms with Gasteiger partial charge in [0.15, 0.2) is 0 Å². The number of hydrogen-bond donors (Lipinski definition) is 1. The van der Waals surface area contributed by atoms with Crippen molar-refractivity contribution in [2.45, 2.75) is 51.5 Å². The molecule has 2 aliphatic heterocycles. The highest BCUT2D eigenvalue weighted by Gasteiger charge is 2.34. The molecule has 2 aliphatic rings.